The summed E-state index contributed by atoms with van der Waals surface area (Å²) in [5, 5.41) is 18.9. The van der Waals surface area contributed by atoms with Crippen LogP contribution in [0.3, 0.4) is 0 Å². The first-order chi connectivity index (χ1) is 13.7. The maximum atomic E-state index is 12.7. The number of amides is 1. The van der Waals surface area contributed by atoms with Crippen LogP contribution in [-0.2, 0) is 12.6 Å². The number of H-pyrrole nitrogens is 2. The Labute approximate surface area is 164 Å². The lowest BCUT2D eigenvalue weighted by Crippen LogP contribution is -2.27. The average Bonchev–Trinajstić information content (AvgIpc) is 3.30. The van der Waals surface area contributed by atoms with Crippen LogP contribution in [0.5, 0.6) is 0 Å². The van der Waals surface area contributed by atoms with Gasteiger partial charge in [0, 0.05) is 30.1 Å². The van der Waals surface area contributed by atoms with Crippen molar-refractivity contribution in [3.63, 3.8) is 0 Å². The summed E-state index contributed by atoms with van der Waals surface area (Å²) in [7, 11) is 0. The molecule has 0 spiro atoms. The van der Waals surface area contributed by atoms with Crippen molar-refractivity contribution in [3.05, 3.63) is 70.1 Å². The second-order valence-electron chi connectivity index (χ2n) is 6.54. The summed E-state index contributed by atoms with van der Waals surface area (Å²) in [6.45, 7) is 3.48. The zero-order valence-corrected chi connectivity index (χ0v) is 15.6. The Kier molecular flexibility index (Phi) is 5.41. The molecule has 0 aliphatic rings. The lowest BCUT2D eigenvalue weighted by molar-refractivity contribution is -0.141. The number of rotatable bonds is 5. The number of aryl methyl sites for hydroxylation is 1. The van der Waals surface area contributed by atoms with E-state index in [1.54, 1.807) is 26.2 Å². The first kappa shape index (κ1) is 20.1. The smallest absolute Gasteiger partial charge is 0.353 e. The number of pyridine rings is 1. The highest BCUT2D eigenvalue weighted by atomic mass is 19.4. The van der Waals surface area contributed by atoms with Gasteiger partial charge < -0.3 is 10.3 Å². The van der Waals surface area contributed by atoms with E-state index in [4.69, 9.17) is 0 Å². The first-order valence-electron chi connectivity index (χ1n) is 8.64. The summed E-state index contributed by atoms with van der Waals surface area (Å²) in [5.74, 6) is -0.463. The predicted molar refractivity (Wildman–Crippen MR) is 96.8 cm³/mol. The molecule has 0 unspecified atom stereocenters. The van der Waals surface area contributed by atoms with Crippen LogP contribution in [0.1, 0.15) is 57.1 Å². The zero-order valence-electron chi connectivity index (χ0n) is 15.6. The molecule has 0 aliphatic heterocycles. The summed E-state index contributed by atoms with van der Waals surface area (Å²) in [6, 6.07) is 3.89. The van der Waals surface area contributed by atoms with E-state index >= 15 is 0 Å². The predicted octanol–water partition coefficient (Wildman–Crippen LogP) is 3.41. The van der Waals surface area contributed by atoms with Crippen LogP contribution >= 0.6 is 0 Å². The van der Waals surface area contributed by atoms with Gasteiger partial charge in [-0.1, -0.05) is 6.07 Å². The molecule has 0 bridgehead atoms. The maximum Gasteiger partial charge on any atom is 0.433 e. The lowest BCUT2D eigenvalue weighted by atomic mass is 10.0. The molecule has 3 aromatic rings. The Morgan fingerprint density at radius 2 is 2.10 bits per heavy atom. The SMILES string of the molecule is Cc1[nH]c(C(=O)N[C@H](C)c2cn[nH]c2)c(C#N)c1Cc1ccc(C(F)(F)F)nc1. The van der Waals surface area contributed by atoms with E-state index in [9.17, 15) is 23.2 Å². The first-order valence-corrected chi connectivity index (χ1v) is 8.64. The second kappa shape index (κ2) is 7.79. The highest BCUT2D eigenvalue weighted by Gasteiger charge is 2.32. The monoisotopic (exact) mass is 402 g/mol. The lowest BCUT2D eigenvalue weighted by Gasteiger charge is -2.11. The Hall–Kier alpha value is -3.61. The molecule has 7 nitrogen and oxygen atoms in total. The third kappa shape index (κ3) is 4.29. The second-order valence-corrected chi connectivity index (χ2v) is 6.54. The van der Waals surface area contributed by atoms with Gasteiger partial charge in [0.05, 0.1) is 17.8 Å². The van der Waals surface area contributed by atoms with Crippen molar-refractivity contribution < 1.29 is 18.0 Å². The molecule has 0 saturated carbocycles. The minimum atomic E-state index is -4.52. The number of aromatic amines is 2. The summed E-state index contributed by atoms with van der Waals surface area (Å²) < 4.78 is 38.0. The number of nitrogens with zero attached hydrogens (tertiary/aromatic N) is 3. The van der Waals surface area contributed by atoms with E-state index in [1.165, 1.54) is 6.07 Å². The van der Waals surface area contributed by atoms with Gasteiger partial charge in [-0.3, -0.25) is 14.9 Å². The molecule has 0 aromatic carbocycles. The van der Waals surface area contributed by atoms with Crippen LogP contribution < -0.4 is 5.32 Å². The standard InChI is InChI=1S/C19H17F3N6O/c1-10(13-8-25-26-9-13)28-18(29)17-15(6-23)14(11(2)27-17)5-12-3-4-16(24-7-12)19(20,21)22/h3-4,7-10,27H,5H2,1-2H3,(H,25,26)(H,28,29)/t10-/m1/s1. The van der Waals surface area contributed by atoms with E-state index in [0.717, 1.165) is 17.8 Å². The van der Waals surface area contributed by atoms with Gasteiger partial charge in [-0.25, -0.2) is 0 Å². The van der Waals surface area contributed by atoms with Gasteiger partial charge in [0.2, 0.25) is 0 Å². The van der Waals surface area contributed by atoms with E-state index in [0.29, 0.717) is 16.8 Å². The number of carbonyl (C=O) groups is 1. The molecule has 3 rings (SSSR count). The van der Waals surface area contributed by atoms with Gasteiger partial charge in [-0.05, 0) is 31.0 Å². The van der Waals surface area contributed by atoms with Gasteiger partial charge in [0.25, 0.3) is 5.91 Å². The third-order valence-electron chi connectivity index (χ3n) is 4.52. The molecule has 150 valence electrons. The minimum absolute atomic E-state index is 0.107. The number of nitrogens with one attached hydrogen (secondary N) is 3. The minimum Gasteiger partial charge on any atom is -0.353 e. The summed E-state index contributed by atoms with van der Waals surface area (Å²) >= 11 is 0. The molecular formula is C19H17F3N6O. The van der Waals surface area contributed by atoms with E-state index in [1.807, 2.05) is 6.07 Å². The molecule has 0 aliphatic carbocycles. The number of halogens is 3. The van der Waals surface area contributed by atoms with Crippen LogP contribution in [0.2, 0.25) is 0 Å². The quantitative estimate of drug-likeness (QED) is 0.607. The van der Waals surface area contributed by atoms with Crippen LogP contribution in [0.15, 0.2) is 30.7 Å². The molecule has 3 aromatic heterocycles. The Morgan fingerprint density at radius 1 is 1.34 bits per heavy atom. The van der Waals surface area contributed by atoms with E-state index in [-0.39, 0.29) is 23.7 Å². The van der Waals surface area contributed by atoms with Gasteiger partial charge in [-0.15, -0.1) is 0 Å². The third-order valence-corrected chi connectivity index (χ3v) is 4.52. The van der Waals surface area contributed by atoms with Crippen LogP contribution in [0.25, 0.3) is 0 Å². The van der Waals surface area contributed by atoms with Gasteiger partial charge in [0.15, 0.2) is 0 Å². The molecule has 3 heterocycles. The molecule has 0 fully saturated rings. The maximum absolute atomic E-state index is 12.7. The van der Waals surface area contributed by atoms with Crippen LogP contribution in [-0.4, -0.2) is 26.1 Å². The summed E-state index contributed by atoms with van der Waals surface area (Å²) in [6.07, 6.45) is 0.00758. The molecule has 10 heteroatoms. The van der Waals surface area contributed by atoms with Gasteiger partial charge >= 0.3 is 6.18 Å². The number of carbonyl (C=O) groups excluding carboxylic acids is 1. The van der Waals surface area contributed by atoms with E-state index < -0.39 is 17.8 Å². The molecule has 3 N–H and O–H groups in total. The van der Waals surface area contributed by atoms with Crippen molar-refractivity contribution in [1.82, 2.24) is 25.5 Å². The number of alkyl halides is 3. The molecule has 0 saturated heterocycles. The van der Waals surface area contributed by atoms with Crippen LogP contribution in [0, 0.1) is 18.3 Å². The van der Waals surface area contributed by atoms with Crippen molar-refractivity contribution in [1.29, 1.82) is 5.26 Å². The highest BCUT2D eigenvalue weighted by Crippen LogP contribution is 2.28. The molecule has 29 heavy (non-hydrogen) atoms. The number of hydrogen-bond acceptors (Lipinski definition) is 4. The van der Waals surface area contributed by atoms with E-state index in [2.05, 4.69) is 25.5 Å². The Bertz CT molecular complexity index is 1050. The summed E-state index contributed by atoms with van der Waals surface area (Å²) in [4.78, 5) is 19.0. The number of nitriles is 1. The average molecular weight is 402 g/mol. The Morgan fingerprint density at radius 3 is 2.66 bits per heavy atom. The Balaban J connectivity index is 1.83. The molecular weight excluding hydrogens is 385 g/mol. The molecule has 1 atom stereocenters. The van der Waals surface area contributed by atoms with Crippen LogP contribution in [0.4, 0.5) is 13.2 Å². The fourth-order valence-electron chi connectivity index (χ4n) is 2.93. The fraction of sp³-hybridized carbons (Fsp3) is 0.263. The van der Waals surface area contributed by atoms with Crippen molar-refractivity contribution in [3.8, 4) is 6.07 Å². The highest BCUT2D eigenvalue weighted by molar-refractivity contribution is 5.96. The van der Waals surface area contributed by atoms with Crippen molar-refractivity contribution in [2.24, 2.45) is 0 Å². The fourth-order valence-corrected chi connectivity index (χ4v) is 2.93. The number of aromatic nitrogens is 4. The van der Waals surface area contributed by atoms with Crippen molar-refractivity contribution in [2.45, 2.75) is 32.5 Å². The van der Waals surface area contributed by atoms with Crippen molar-refractivity contribution >= 4 is 5.91 Å². The van der Waals surface area contributed by atoms with Gasteiger partial charge in [0.1, 0.15) is 17.5 Å². The zero-order chi connectivity index (χ0) is 21.2. The summed E-state index contributed by atoms with van der Waals surface area (Å²) in [5.41, 5.74) is 1.67. The molecule has 1 amide bonds. The number of hydrogen-bond donors (Lipinski definition) is 3. The topological polar surface area (TPSA) is 110 Å². The van der Waals surface area contributed by atoms with Gasteiger partial charge in [-0.2, -0.15) is 23.5 Å². The van der Waals surface area contributed by atoms with Crippen molar-refractivity contribution in [2.75, 3.05) is 0 Å². The largest absolute Gasteiger partial charge is 0.433 e. The normalized spacial score (nSPS) is 12.4. The molecule has 0 radical (unpaired) electrons.